The molecule has 0 spiro atoms. The van der Waals surface area contributed by atoms with E-state index in [1.54, 1.807) is 11.3 Å². The Labute approximate surface area is 249 Å². The fourth-order valence-electron chi connectivity index (χ4n) is 6.59. The van der Waals surface area contributed by atoms with Gasteiger partial charge in [-0.1, -0.05) is 60.7 Å². The highest BCUT2D eigenvalue weighted by molar-refractivity contribution is 7.26. The summed E-state index contributed by atoms with van der Waals surface area (Å²) in [4.78, 5) is 0. The van der Waals surface area contributed by atoms with E-state index < -0.39 is 0 Å². The highest BCUT2D eigenvalue weighted by Gasteiger charge is 2.20. The highest BCUT2D eigenvalue weighted by Crippen LogP contribution is 2.46. The van der Waals surface area contributed by atoms with Crippen molar-refractivity contribution in [2.45, 2.75) is 0 Å². The van der Waals surface area contributed by atoms with Gasteiger partial charge in [0.1, 0.15) is 17.2 Å². The third kappa shape index (κ3) is 3.29. The Balaban J connectivity index is 1.36. The zero-order valence-electron chi connectivity index (χ0n) is 22.6. The van der Waals surface area contributed by atoms with Gasteiger partial charge in [0.15, 0.2) is 0 Å². The predicted octanol–water partition coefficient (Wildman–Crippen LogP) is 10.5. The number of para-hydroxylation sites is 2. The first-order chi connectivity index (χ1) is 21.2. The van der Waals surface area contributed by atoms with E-state index in [9.17, 15) is 10.5 Å². The van der Waals surface area contributed by atoms with E-state index in [4.69, 9.17) is 4.42 Å². The van der Waals surface area contributed by atoms with Gasteiger partial charge in [-0.3, -0.25) is 0 Å². The average molecular weight is 566 g/mol. The third-order valence-electron chi connectivity index (χ3n) is 8.48. The van der Waals surface area contributed by atoms with Gasteiger partial charge in [-0.15, -0.1) is 11.3 Å². The van der Waals surface area contributed by atoms with E-state index in [2.05, 4.69) is 77.4 Å². The molecule has 3 heterocycles. The van der Waals surface area contributed by atoms with Gasteiger partial charge >= 0.3 is 0 Å². The molecule has 0 fully saturated rings. The van der Waals surface area contributed by atoms with Gasteiger partial charge in [0.25, 0.3) is 0 Å². The number of rotatable bonds is 2. The van der Waals surface area contributed by atoms with Crippen LogP contribution < -0.4 is 0 Å². The minimum Gasteiger partial charge on any atom is -0.456 e. The summed E-state index contributed by atoms with van der Waals surface area (Å²) in [6.07, 6.45) is 0. The molecule has 5 heteroatoms. The normalized spacial score (nSPS) is 11.7. The largest absolute Gasteiger partial charge is 0.456 e. The van der Waals surface area contributed by atoms with Crippen LogP contribution in [0.15, 0.2) is 120 Å². The fraction of sp³-hybridized carbons (Fsp3) is 0. The summed E-state index contributed by atoms with van der Waals surface area (Å²) in [6, 6.07) is 43.8. The van der Waals surface area contributed by atoms with Crippen molar-refractivity contribution in [1.29, 1.82) is 10.5 Å². The van der Waals surface area contributed by atoms with Crippen LogP contribution in [0, 0.1) is 22.7 Å². The van der Waals surface area contributed by atoms with Crippen molar-refractivity contribution in [1.82, 2.24) is 4.57 Å². The topological polar surface area (TPSA) is 65.7 Å². The molecule has 0 saturated carbocycles. The van der Waals surface area contributed by atoms with Gasteiger partial charge in [-0.25, -0.2) is 0 Å². The smallest absolute Gasteiger partial charge is 0.136 e. The monoisotopic (exact) mass is 565 g/mol. The van der Waals surface area contributed by atoms with Crippen LogP contribution in [0.5, 0.6) is 0 Å². The molecular formula is C38H19N3OS. The summed E-state index contributed by atoms with van der Waals surface area (Å²) in [5.41, 5.74) is 8.31. The number of nitriles is 2. The van der Waals surface area contributed by atoms with Crippen LogP contribution in [0.2, 0.25) is 0 Å². The lowest BCUT2D eigenvalue weighted by molar-refractivity contribution is 0.669. The van der Waals surface area contributed by atoms with Crippen LogP contribution in [0.3, 0.4) is 0 Å². The summed E-state index contributed by atoms with van der Waals surface area (Å²) in [7, 11) is 0. The molecule has 0 bridgehead atoms. The first-order valence-corrected chi connectivity index (χ1v) is 14.8. The molecule has 0 aliphatic heterocycles. The molecule has 0 aliphatic rings. The standard InChI is InChI=1S/C38H19N3OS/c39-20-22-12-17-32-30(18-22)26-6-1-3-9-31(26)41(32)33-10-5-8-29-36-25(15-14-24(21-40)37(36)43-38(29)33)23-13-16-28-27-7-2-4-11-34(27)42-35(28)19-23/h1-19H. The molecule has 0 radical (unpaired) electrons. The van der Waals surface area contributed by atoms with Crippen LogP contribution >= 0.6 is 11.3 Å². The van der Waals surface area contributed by atoms with Crippen molar-refractivity contribution < 1.29 is 4.42 Å². The number of fused-ring (bicyclic) bond motifs is 9. The lowest BCUT2D eigenvalue weighted by Gasteiger charge is -2.10. The number of aromatic nitrogens is 1. The van der Waals surface area contributed by atoms with Crippen molar-refractivity contribution in [3.8, 4) is 29.0 Å². The Kier molecular flexibility index (Phi) is 4.87. The quantitative estimate of drug-likeness (QED) is 0.209. The molecule has 0 saturated heterocycles. The molecule has 0 amide bonds. The Hall–Kier alpha value is -5.88. The van der Waals surface area contributed by atoms with Gasteiger partial charge in [0.05, 0.1) is 43.3 Å². The molecule has 4 nitrogen and oxygen atoms in total. The van der Waals surface area contributed by atoms with Crippen LogP contribution in [-0.4, -0.2) is 4.57 Å². The molecule has 43 heavy (non-hydrogen) atoms. The van der Waals surface area contributed by atoms with Crippen LogP contribution in [0.25, 0.3) is 80.7 Å². The zero-order valence-corrected chi connectivity index (χ0v) is 23.4. The number of nitrogens with zero attached hydrogens (tertiary/aromatic N) is 3. The second kappa shape index (κ2) is 8.81. The molecule has 9 rings (SSSR count). The molecular weight excluding hydrogens is 547 g/mol. The maximum atomic E-state index is 10.1. The van der Waals surface area contributed by atoms with Crippen molar-refractivity contribution in [3.63, 3.8) is 0 Å². The van der Waals surface area contributed by atoms with Crippen LogP contribution in [0.1, 0.15) is 11.1 Å². The number of hydrogen-bond acceptors (Lipinski definition) is 4. The van der Waals surface area contributed by atoms with Crippen molar-refractivity contribution in [3.05, 3.63) is 126 Å². The fourth-order valence-corrected chi connectivity index (χ4v) is 7.88. The third-order valence-corrected chi connectivity index (χ3v) is 9.74. The molecule has 9 aromatic rings. The number of hydrogen-bond donors (Lipinski definition) is 0. The molecule has 0 N–H and O–H groups in total. The molecule has 0 atom stereocenters. The van der Waals surface area contributed by atoms with Crippen LogP contribution in [0.4, 0.5) is 0 Å². The van der Waals surface area contributed by atoms with Gasteiger partial charge in [-0.05, 0) is 65.7 Å². The molecule has 3 aromatic heterocycles. The Morgan fingerprint density at radius 2 is 1.37 bits per heavy atom. The SMILES string of the molecule is N#Cc1ccc2c(c1)c1ccccc1n2-c1cccc2c1sc1c(C#N)ccc(-c3ccc4c(c3)oc3ccccc34)c12. The second-order valence-electron chi connectivity index (χ2n) is 10.7. The maximum absolute atomic E-state index is 10.1. The predicted molar refractivity (Wildman–Crippen MR) is 176 cm³/mol. The van der Waals surface area contributed by atoms with Gasteiger partial charge in [0.2, 0.25) is 0 Å². The Bertz CT molecular complexity index is 2710. The highest BCUT2D eigenvalue weighted by atomic mass is 32.1. The summed E-state index contributed by atoms with van der Waals surface area (Å²) >= 11 is 1.66. The Morgan fingerprint density at radius 1 is 0.581 bits per heavy atom. The minimum atomic E-state index is 0.639. The average Bonchev–Trinajstić information content (AvgIpc) is 3.73. The summed E-state index contributed by atoms with van der Waals surface area (Å²) < 4.78 is 10.6. The van der Waals surface area contributed by atoms with Gasteiger partial charge in [0, 0.05) is 32.3 Å². The van der Waals surface area contributed by atoms with E-state index in [1.165, 1.54) is 0 Å². The maximum Gasteiger partial charge on any atom is 0.136 e. The number of furan rings is 1. The molecule has 6 aromatic carbocycles. The van der Waals surface area contributed by atoms with Crippen molar-refractivity contribution >= 4 is 75.3 Å². The number of benzene rings is 6. The van der Waals surface area contributed by atoms with Crippen molar-refractivity contribution in [2.24, 2.45) is 0 Å². The summed E-state index contributed by atoms with van der Waals surface area (Å²) in [5, 5.41) is 26.3. The molecule has 0 unspecified atom stereocenters. The lowest BCUT2D eigenvalue weighted by Crippen LogP contribution is -1.93. The Morgan fingerprint density at radius 3 is 2.26 bits per heavy atom. The molecule has 0 aliphatic carbocycles. The van der Waals surface area contributed by atoms with E-state index in [0.29, 0.717) is 11.1 Å². The van der Waals surface area contributed by atoms with E-state index in [1.807, 2.05) is 54.6 Å². The van der Waals surface area contributed by atoms with E-state index in [0.717, 1.165) is 80.7 Å². The summed E-state index contributed by atoms with van der Waals surface area (Å²) in [5.74, 6) is 0. The minimum absolute atomic E-state index is 0.639. The summed E-state index contributed by atoms with van der Waals surface area (Å²) in [6.45, 7) is 0. The van der Waals surface area contributed by atoms with Gasteiger partial charge in [-0.2, -0.15) is 10.5 Å². The first kappa shape index (κ1) is 23.8. The van der Waals surface area contributed by atoms with E-state index >= 15 is 0 Å². The van der Waals surface area contributed by atoms with Gasteiger partial charge < -0.3 is 8.98 Å². The van der Waals surface area contributed by atoms with Crippen LogP contribution in [-0.2, 0) is 0 Å². The van der Waals surface area contributed by atoms with Crippen molar-refractivity contribution in [2.75, 3.05) is 0 Å². The zero-order chi connectivity index (χ0) is 28.7. The molecule has 198 valence electrons. The second-order valence-corrected chi connectivity index (χ2v) is 11.8. The van der Waals surface area contributed by atoms with E-state index in [-0.39, 0.29) is 0 Å². The lowest BCUT2D eigenvalue weighted by atomic mass is 9.96. The first-order valence-electron chi connectivity index (χ1n) is 14.0. The number of thiophene rings is 1.